The minimum atomic E-state index is 0.152. The maximum atomic E-state index is 9.64. The Morgan fingerprint density at radius 1 is 1.53 bits per heavy atom. The second-order valence-electron chi connectivity index (χ2n) is 3.19. The van der Waals surface area contributed by atoms with E-state index < -0.39 is 0 Å². The van der Waals surface area contributed by atoms with Crippen molar-refractivity contribution in [2.45, 2.75) is 12.8 Å². The first kappa shape index (κ1) is 11.3. The van der Waals surface area contributed by atoms with Gasteiger partial charge in [-0.2, -0.15) is 5.26 Å². The molecule has 4 nitrogen and oxygen atoms in total. The second-order valence-corrected chi connectivity index (χ2v) is 3.19. The standard InChI is InChI=1S/C11H14N2O2/c1-15-11-6-10(14)8(3-2-4-12)5-9(11)7-13/h5-6,14H,2-4,12H2,1H3. The van der Waals surface area contributed by atoms with Crippen LogP contribution in [0.5, 0.6) is 11.5 Å². The third-order valence-corrected chi connectivity index (χ3v) is 2.17. The van der Waals surface area contributed by atoms with Gasteiger partial charge in [0.15, 0.2) is 0 Å². The predicted octanol–water partition coefficient (Wildman–Crippen LogP) is 1.16. The van der Waals surface area contributed by atoms with E-state index in [4.69, 9.17) is 15.7 Å². The third kappa shape index (κ3) is 2.61. The fraction of sp³-hybridized carbons (Fsp3) is 0.364. The topological polar surface area (TPSA) is 79.3 Å². The molecule has 0 heterocycles. The Morgan fingerprint density at radius 2 is 2.27 bits per heavy atom. The number of hydrogen-bond acceptors (Lipinski definition) is 4. The van der Waals surface area contributed by atoms with Crippen LogP contribution in [0.1, 0.15) is 17.5 Å². The van der Waals surface area contributed by atoms with E-state index in [0.29, 0.717) is 24.3 Å². The largest absolute Gasteiger partial charge is 0.508 e. The number of aromatic hydroxyl groups is 1. The summed E-state index contributed by atoms with van der Waals surface area (Å²) >= 11 is 0. The van der Waals surface area contributed by atoms with Gasteiger partial charge in [-0.1, -0.05) is 0 Å². The molecule has 0 aliphatic rings. The molecular weight excluding hydrogens is 192 g/mol. The molecular formula is C11H14N2O2. The summed E-state index contributed by atoms with van der Waals surface area (Å²) in [4.78, 5) is 0. The van der Waals surface area contributed by atoms with Crippen LogP contribution in [-0.4, -0.2) is 18.8 Å². The van der Waals surface area contributed by atoms with E-state index in [2.05, 4.69) is 0 Å². The molecule has 1 rings (SSSR count). The van der Waals surface area contributed by atoms with Crippen LogP contribution in [0, 0.1) is 11.3 Å². The molecule has 0 bridgehead atoms. The molecule has 0 aromatic heterocycles. The summed E-state index contributed by atoms with van der Waals surface area (Å²) in [7, 11) is 1.47. The number of nitrogens with two attached hydrogens (primary N) is 1. The first-order valence-corrected chi connectivity index (χ1v) is 4.73. The normalized spacial score (nSPS) is 9.67. The molecule has 3 N–H and O–H groups in total. The van der Waals surface area contributed by atoms with Crippen molar-refractivity contribution in [3.8, 4) is 17.6 Å². The highest BCUT2D eigenvalue weighted by atomic mass is 16.5. The molecule has 80 valence electrons. The first-order chi connectivity index (χ1) is 7.22. The lowest BCUT2D eigenvalue weighted by Gasteiger charge is -2.08. The van der Waals surface area contributed by atoms with Crippen LogP contribution in [0.15, 0.2) is 12.1 Å². The van der Waals surface area contributed by atoms with Crippen molar-refractivity contribution in [1.82, 2.24) is 0 Å². The van der Waals surface area contributed by atoms with Crippen LogP contribution in [0.2, 0.25) is 0 Å². The predicted molar refractivity (Wildman–Crippen MR) is 56.7 cm³/mol. The molecule has 0 radical (unpaired) electrons. The second kappa shape index (κ2) is 5.23. The number of phenolic OH excluding ortho intramolecular Hbond substituents is 1. The van der Waals surface area contributed by atoms with Crippen LogP contribution >= 0.6 is 0 Å². The minimum absolute atomic E-state index is 0.152. The zero-order valence-electron chi connectivity index (χ0n) is 8.66. The molecule has 0 saturated heterocycles. The van der Waals surface area contributed by atoms with Crippen molar-refractivity contribution in [2.24, 2.45) is 5.73 Å². The lowest BCUT2D eigenvalue weighted by molar-refractivity contribution is 0.405. The van der Waals surface area contributed by atoms with Gasteiger partial charge in [-0.3, -0.25) is 0 Å². The van der Waals surface area contributed by atoms with Crippen molar-refractivity contribution < 1.29 is 9.84 Å². The monoisotopic (exact) mass is 206 g/mol. The van der Waals surface area contributed by atoms with Gasteiger partial charge in [0.05, 0.1) is 12.7 Å². The molecule has 4 heteroatoms. The van der Waals surface area contributed by atoms with E-state index in [1.807, 2.05) is 6.07 Å². The summed E-state index contributed by atoms with van der Waals surface area (Å²) < 4.78 is 4.97. The van der Waals surface area contributed by atoms with Gasteiger partial charge >= 0.3 is 0 Å². The van der Waals surface area contributed by atoms with Crippen LogP contribution in [0.25, 0.3) is 0 Å². The Labute approximate surface area is 88.9 Å². The Hall–Kier alpha value is -1.73. The van der Waals surface area contributed by atoms with Crippen LogP contribution < -0.4 is 10.5 Å². The third-order valence-electron chi connectivity index (χ3n) is 2.17. The molecule has 0 fully saturated rings. The number of aryl methyl sites for hydroxylation is 1. The van der Waals surface area contributed by atoms with Gasteiger partial charge in [0.25, 0.3) is 0 Å². The number of hydrogen-bond donors (Lipinski definition) is 2. The van der Waals surface area contributed by atoms with Gasteiger partial charge in [0.1, 0.15) is 17.6 Å². The van der Waals surface area contributed by atoms with Crippen LogP contribution in [-0.2, 0) is 6.42 Å². The van der Waals surface area contributed by atoms with E-state index >= 15 is 0 Å². The zero-order chi connectivity index (χ0) is 11.3. The number of phenols is 1. The lowest BCUT2D eigenvalue weighted by atomic mass is 10.0. The highest BCUT2D eigenvalue weighted by Gasteiger charge is 2.08. The molecule has 0 saturated carbocycles. The smallest absolute Gasteiger partial charge is 0.140 e. The van der Waals surface area contributed by atoms with E-state index in [1.165, 1.54) is 13.2 Å². The minimum Gasteiger partial charge on any atom is -0.508 e. The average Bonchev–Trinajstić information content (AvgIpc) is 2.27. The van der Waals surface area contributed by atoms with Crippen LogP contribution in [0.3, 0.4) is 0 Å². The van der Waals surface area contributed by atoms with Gasteiger partial charge in [0, 0.05) is 6.07 Å². The summed E-state index contributed by atoms with van der Waals surface area (Å²) in [5.41, 5.74) is 6.55. The van der Waals surface area contributed by atoms with Crippen molar-refractivity contribution in [2.75, 3.05) is 13.7 Å². The summed E-state index contributed by atoms with van der Waals surface area (Å²) in [5.74, 6) is 0.547. The maximum absolute atomic E-state index is 9.64. The Morgan fingerprint density at radius 3 is 2.80 bits per heavy atom. The molecule has 15 heavy (non-hydrogen) atoms. The number of methoxy groups -OCH3 is 1. The van der Waals surface area contributed by atoms with E-state index in [9.17, 15) is 5.11 Å². The summed E-state index contributed by atoms with van der Waals surface area (Å²) in [5, 5.41) is 18.5. The number of nitrogens with zero attached hydrogens (tertiary/aromatic N) is 1. The fourth-order valence-corrected chi connectivity index (χ4v) is 1.36. The highest BCUT2D eigenvalue weighted by molar-refractivity contribution is 5.51. The van der Waals surface area contributed by atoms with Crippen molar-refractivity contribution in [3.05, 3.63) is 23.3 Å². The quantitative estimate of drug-likeness (QED) is 0.774. The summed E-state index contributed by atoms with van der Waals surface area (Å²) in [6.07, 6.45) is 1.45. The molecule has 1 aromatic rings. The average molecular weight is 206 g/mol. The zero-order valence-corrected chi connectivity index (χ0v) is 8.66. The van der Waals surface area contributed by atoms with Crippen molar-refractivity contribution in [3.63, 3.8) is 0 Å². The highest BCUT2D eigenvalue weighted by Crippen LogP contribution is 2.28. The van der Waals surface area contributed by atoms with Gasteiger partial charge in [-0.25, -0.2) is 0 Å². The Bertz CT molecular complexity index is 383. The van der Waals surface area contributed by atoms with E-state index in [0.717, 1.165) is 12.0 Å². The van der Waals surface area contributed by atoms with Crippen molar-refractivity contribution in [1.29, 1.82) is 5.26 Å². The molecule has 0 spiro atoms. The molecule has 1 aromatic carbocycles. The number of rotatable bonds is 4. The first-order valence-electron chi connectivity index (χ1n) is 4.73. The summed E-state index contributed by atoms with van der Waals surface area (Å²) in [6.45, 7) is 0.563. The molecule has 0 aliphatic carbocycles. The fourth-order valence-electron chi connectivity index (χ4n) is 1.36. The lowest BCUT2D eigenvalue weighted by Crippen LogP contribution is -2.01. The number of benzene rings is 1. The maximum Gasteiger partial charge on any atom is 0.140 e. The molecule has 0 amide bonds. The van der Waals surface area contributed by atoms with E-state index in [-0.39, 0.29) is 5.75 Å². The van der Waals surface area contributed by atoms with Gasteiger partial charge in [-0.15, -0.1) is 0 Å². The van der Waals surface area contributed by atoms with Gasteiger partial charge < -0.3 is 15.6 Å². The number of nitriles is 1. The van der Waals surface area contributed by atoms with Crippen LogP contribution in [0.4, 0.5) is 0 Å². The Kier molecular flexibility index (Phi) is 3.95. The molecule has 0 aliphatic heterocycles. The molecule has 0 unspecified atom stereocenters. The Balaban J connectivity index is 3.04. The van der Waals surface area contributed by atoms with Gasteiger partial charge in [-0.05, 0) is 31.0 Å². The van der Waals surface area contributed by atoms with Gasteiger partial charge in [0.2, 0.25) is 0 Å². The molecule has 0 atom stereocenters. The summed E-state index contributed by atoms with van der Waals surface area (Å²) in [6, 6.07) is 5.13. The van der Waals surface area contributed by atoms with Crippen molar-refractivity contribution >= 4 is 0 Å². The SMILES string of the molecule is COc1cc(O)c(CCCN)cc1C#N. The van der Waals surface area contributed by atoms with E-state index in [1.54, 1.807) is 6.07 Å². The number of ether oxygens (including phenoxy) is 1.